The van der Waals surface area contributed by atoms with Crippen molar-refractivity contribution >= 4 is 35.0 Å². The minimum atomic E-state index is -0.443. The Kier molecular flexibility index (Phi) is 7.29. The normalized spacial score (nSPS) is 16.7. The number of urea groups is 1. The lowest BCUT2D eigenvalue weighted by atomic mass is 9.96. The summed E-state index contributed by atoms with van der Waals surface area (Å²) in [6.07, 6.45) is 5.47. The second-order valence-electron chi connectivity index (χ2n) is 6.06. The van der Waals surface area contributed by atoms with Gasteiger partial charge in [-0.05, 0) is 44.9 Å². The summed E-state index contributed by atoms with van der Waals surface area (Å²) in [6.45, 7) is 5.56. The SMILES string of the molecule is CC(C)Oc1nnc(SC(C)C(=O)NC(=O)NC2CCCCC2)s1. The zero-order valence-corrected chi connectivity index (χ0v) is 15.8. The van der Waals surface area contributed by atoms with Crippen LogP contribution in [0.2, 0.25) is 0 Å². The summed E-state index contributed by atoms with van der Waals surface area (Å²) in [6, 6.07) is -0.242. The number of imide groups is 1. The molecule has 24 heavy (non-hydrogen) atoms. The third-order valence-corrected chi connectivity index (χ3v) is 5.55. The fourth-order valence-electron chi connectivity index (χ4n) is 2.38. The molecule has 2 rings (SSSR count). The molecule has 2 N–H and O–H groups in total. The molecule has 1 aliphatic carbocycles. The summed E-state index contributed by atoms with van der Waals surface area (Å²) in [5.41, 5.74) is 0. The van der Waals surface area contributed by atoms with Crippen LogP contribution in [0, 0.1) is 0 Å². The summed E-state index contributed by atoms with van der Waals surface area (Å²) in [4.78, 5) is 24.0. The minimum absolute atomic E-state index is 0.0278. The molecule has 0 spiro atoms. The maximum atomic E-state index is 12.1. The molecule has 0 aliphatic heterocycles. The van der Waals surface area contributed by atoms with Crippen LogP contribution in [0.3, 0.4) is 0 Å². The van der Waals surface area contributed by atoms with Gasteiger partial charge in [0.2, 0.25) is 5.91 Å². The highest BCUT2D eigenvalue weighted by atomic mass is 32.2. The van der Waals surface area contributed by atoms with Gasteiger partial charge in [-0.1, -0.05) is 36.1 Å². The Bertz CT molecular complexity index is 559. The van der Waals surface area contributed by atoms with Gasteiger partial charge in [0, 0.05) is 6.04 Å². The number of ether oxygens (including phenoxy) is 1. The molecule has 0 bridgehead atoms. The molecule has 1 atom stereocenters. The molecule has 1 aliphatic rings. The number of hydrogen-bond donors (Lipinski definition) is 2. The van der Waals surface area contributed by atoms with Crippen molar-refractivity contribution in [3.05, 3.63) is 0 Å². The first-order valence-corrected chi connectivity index (χ1v) is 9.92. The molecule has 0 aromatic carbocycles. The topological polar surface area (TPSA) is 93.2 Å². The lowest BCUT2D eigenvalue weighted by molar-refractivity contribution is -0.119. The van der Waals surface area contributed by atoms with Crippen molar-refractivity contribution in [1.82, 2.24) is 20.8 Å². The van der Waals surface area contributed by atoms with Gasteiger partial charge in [0.1, 0.15) is 0 Å². The van der Waals surface area contributed by atoms with Gasteiger partial charge in [-0.15, -0.1) is 5.10 Å². The number of nitrogens with one attached hydrogen (secondary N) is 2. The van der Waals surface area contributed by atoms with E-state index < -0.39 is 11.3 Å². The third-order valence-electron chi connectivity index (χ3n) is 3.55. The number of carbonyl (C=O) groups excluding carboxylic acids is 2. The first kappa shape index (κ1) is 19.0. The number of amides is 3. The minimum Gasteiger partial charge on any atom is -0.466 e. The van der Waals surface area contributed by atoms with Crippen molar-refractivity contribution in [2.75, 3.05) is 0 Å². The summed E-state index contributed by atoms with van der Waals surface area (Å²) in [5.74, 6) is -0.338. The molecular formula is C15H24N4O3S2. The average molecular weight is 373 g/mol. The molecule has 0 saturated heterocycles. The van der Waals surface area contributed by atoms with Crippen molar-refractivity contribution in [3.63, 3.8) is 0 Å². The highest BCUT2D eigenvalue weighted by molar-refractivity contribution is 8.02. The van der Waals surface area contributed by atoms with E-state index in [0.29, 0.717) is 9.53 Å². The van der Waals surface area contributed by atoms with E-state index >= 15 is 0 Å². The monoisotopic (exact) mass is 372 g/mol. The Labute approximate surface area is 150 Å². The van der Waals surface area contributed by atoms with Gasteiger partial charge < -0.3 is 10.1 Å². The zero-order valence-electron chi connectivity index (χ0n) is 14.2. The molecule has 1 fully saturated rings. The smallest absolute Gasteiger partial charge is 0.321 e. The molecule has 3 amide bonds. The van der Waals surface area contributed by atoms with Crippen molar-refractivity contribution in [2.24, 2.45) is 0 Å². The fraction of sp³-hybridized carbons (Fsp3) is 0.733. The molecule has 134 valence electrons. The Morgan fingerprint density at radius 1 is 1.21 bits per heavy atom. The van der Waals surface area contributed by atoms with Gasteiger partial charge >= 0.3 is 6.03 Å². The number of nitrogens with zero attached hydrogens (tertiary/aromatic N) is 2. The molecule has 1 aromatic rings. The largest absolute Gasteiger partial charge is 0.466 e. The predicted molar refractivity (Wildman–Crippen MR) is 94.5 cm³/mol. The van der Waals surface area contributed by atoms with Crippen LogP contribution in [0.1, 0.15) is 52.9 Å². The molecule has 1 saturated carbocycles. The highest BCUT2D eigenvalue weighted by Crippen LogP contribution is 2.30. The number of hydrogen-bond acceptors (Lipinski definition) is 7. The predicted octanol–water partition coefficient (Wildman–Crippen LogP) is 2.96. The first-order chi connectivity index (χ1) is 11.4. The van der Waals surface area contributed by atoms with Gasteiger partial charge in [-0.2, -0.15) is 0 Å². The average Bonchev–Trinajstić information content (AvgIpc) is 2.94. The van der Waals surface area contributed by atoms with Crippen molar-refractivity contribution in [2.45, 2.75) is 74.6 Å². The van der Waals surface area contributed by atoms with Crippen LogP contribution in [0.4, 0.5) is 4.79 Å². The van der Waals surface area contributed by atoms with Gasteiger partial charge in [0.05, 0.1) is 11.4 Å². The maximum absolute atomic E-state index is 12.1. The van der Waals surface area contributed by atoms with Crippen molar-refractivity contribution < 1.29 is 14.3 Å². The van der Waals surface area contributed by atoms with Crippen LogP contribution >= 0.6 is 23.1 Å². The van der Waals surface area contributed by atoms with Gasteiger partial charge in [-0.3, -0.25) is 10.1 Å². The molecule has 1 unspecified atom stereocenters. The lowest BCUT2D eigenvalue weighted by Gasteiger charge is -2.22. The Hall–Kier alpha value is -1.35. The van der Waals surface area contributed by atoms with Gasteiger partial charge in [0.15, 0.2) is 4.34 Å². The summed E-state index contributed by atoms with van der Waals surface area (Å²) in [7, 11) is 0. The first-order valence-electron chi connectivity index (χ1n) is 8.22. The van der Waals surface area contributed by atoms with E-state index in [1.807, 2.05) is 13.8 Å². The van der Waals surface area contributed by atoms with Crippen LogP contribution in [-0.2, 0) is 4.79 Å². The molecule has 1 heterocycles. The zero-order chi connectivity index (χ0) is 17.5. The quantitative estimate of drug-likeness (QED) is 0.746. The number of rotatable bonds is 6. The summed E-state index contributed by atoms with van der Waals surface area (Å²) >= 11 is 2.55. The van der Waals surface area contributed by atoms with E-state index in [1.54, 1.807) is 6.92 Å². The Morgan fingerprint density at radius 3 is 2.58 bits per heavy atom. The van der Waals surface area contributed by atoms with Gasteiger partial charge in [-0.25, -0.2) is 4.79 Å². The second-order valence-corrected chi connectivity index (χ2v) is 8.59. The van der Waals surface area contributed by atoms with E-state index in [4.69, 9.17) is 4.74 Å². The van der Waals surface area contributed by atoms with E-state index in [2.05, 4.69) is 20.8 Å². The number of thioether (sulfide) groups is 1. The molecular weight excluding hydrogens is 348 g/mol. The highest BCUT2D eigenvalue weighted by Gasteiger charge is 2.21. The van der Waals surface area contributed by atoms with Crippen molar-refractivity contribution in [1.29, 1.82) is 0 Å². The summed E-state index contributed by atoms with van der Waals surface area (Å²) in [5, 5.41) is 13.2. The van der Waals surface area contributed by atoms with Crippen molar-refractivity contribution in [3.8, 4) is 5.19 Å². The maximum Gasteiger partial charge on any atom is 0.321 e. The second kappa shape index (κ2) is 9.22. The van der Waals surface area contributed by atoms with Crippen LogP contribution in [0.15, 0.2) is 4.34 Å². The summed E-state index contributed by atoms with van der Waals surface area (Å²) < 4.78 is 6.09. The Morgan fingerprint density at radius 2 is 1.92 bits per heavy atom. The number of carbonyl (C=O) groups is 2. The molecule has 1 aromatic heterocycles. The number of aromatic nitrogens is 2. The third kappa shape index (κ3) is 6.27. The Balaban J connectivity index is 1.76. The van der Waals surface area contributed by atoms with Crippen LogP contribution in [0.5, 0.6) is 5.19 Å². The van der Waals surface area contributed by atoms with Crippen LogP contribution in [0.25, 0.3) is 0 Å². The standard InChI is InChI=1S/C15H24N4O3S2/c1-9(2)22-14-18-19-15(24-14)23-10(3)12(20)17-13(21)16-11-7-5-4-6-8-11/h9-11H,4-8H2,1-3H3,(H2,16,17,20,21). The fourth-order valence-corrected chi connectivity index (χ4v) is 4.33. The molecule has 0 radical (unpaired) electrons. The van der Waals surface area contributed by atoms with Gasteiger partial charge in [0.25, 0.3) is 5.19 Å². The molecule has 7 nitrogen and oxygen atoms in total. The van der Waals surface area contributed by atoms with E-state index in [9.17, 15) is 9.59 Å². The lowest BCUT2D eigenvalue weighted by Crippen LogP contribution is -2.47. The van der Waals surface area contributed by atoms with Crippen LogP contribution < -0.4 is 15.4 Å². The van der Waals surface area contributed by atoms with E-state index in [1.165, 1.54) is 29.5 Å². The van der Waals surface area contributed by atoms with Crippen LogP contribution in [-0.4, -0.2) is 39.5 Å². The molecule has 9 heteroatoms. The van der Waals surface area contributed by atoms with E-state index in [-0.39, 0.29) is 18.1 Å². The van der Waals surface area contributed by atoms with E-state index in [0.717, 1.165) is 25.7 Å².